The van der Waals surface area contributed by atoms with Crippen LogP contribution < -0.4 is 0 Å². The minimum atomic E-state index is -0.211. The van der Waals surface area contributed by atoms with Crippen LogP contribution in [0.2, 0.25) is 0 Å². The van der Waals surface area contributed by atoms with Crippen molar-refractivity contribution in [2.45, 2.75) is 34.1 Å². The van der Waals surface area contributed by atoms with E-state index < -0.39 is 0 Å². The molecule has 0 heterocycles. The molecule has 0 aliphatic carbocycles. The second-order valence-electron chi connectivity index (χ2n) is 4.29. The van der Waals surface area contributed by atoms with E-state index in [2.05, 4.69) is 31.2 Å². The van der Waals surface area contributed by atoms with Gasteiger partial charge in [-0.25, -0.2) is 4.79 Å². The molecule has 17 heavy (non-hydrogen) atoms. The quantitative estimate of drug-likeness (QED) is 0.587. The highest BCUT2D eigenvalue weighted by atomic mass is 16.5. The SMILES string of the molecule is CCOC(=O)C(C)=C(C)Cc1ccc(C)cc1. The van der Waals surface area contributed by atoms with Crippen molar-refractivity contribution in [3.8, 4) is 0 Å². The zero-order valence-electron chi connectivity index (χ0n) is 11.0. The monoisotopic (exact) mass is 232 g/mol. The highest BCUT2D eigenvalue weighted by molar-refractivity contribution is 5.88. The number of carbonyl (C=O) groups excluding carboxylic acids is 1. The van der Waals surface area contributed by atoms with Crippen LogP contribution in [0.25, 0.3) is 0 Å². The van der Waals surface area contributed by atoms with Crippen molar-refractivity contribution in [2.75, 3.05) is 6.61 Å². The third-order valence-electron chi connectivity index (χ3n) is 2.81. The number of allylic oxidation sites excluding steroid dienone is 1. The molecule has 0 saturated heterocycles. The average molecular weight is 232 g/mol. The number of rotatable bonds is 4. The van der Waals surface area contributed by atoms with Gasteiger partial charge in [-0.2, -0.15) is 0 Å². The number of aryl methyl sites for hydroxylation is 1. The lowest BCUT2D eigenvalue weighted by Crippen LogP contribution is -2.07. The molecule has 0 bridgehead atoms. The second kappa shape index (κ2) is 6.24. The first-order valence-electron chi connectivity index (χ1n) is 5.93. The summed E-state index contributed by atoms with van der Waals surface area (Å²) in [5.41, 5.74) is 4.24. The highest BCUT2D eigenvalue weighted by Crippen LogP contribution is 2.13. The molecular weight excluding hydrogens is 212 g/mol. The molecule has 1 rings (SSSR count). The molecular formula is C15H20O2. The molecule has 0 aliphatic rings. The summed E-state index contributed by atoms with van der Waals surface area (Å²) >= 11 is 0. The lowest BCUT2D eigenvalue weighted by atomic mass is 10.0. The Bertz CT molecular complexity index is 413. The van der Waals surface area contributed by atoms with Gasteiger partial charge in [-0.05, 0) is 39.7 Å². The predicted molar refractivity (Wildman–Crippen MR) is 69.9 cm³/mol. The van der Waals surface area contributed by atoms with Crippen molar-refractivity contribution in [1.29, 1.82) is 0 Å². The first-order chi connectivity index (χ1) is 8.04. The van der Waals surface area contributed by atoms with Crippen LogP contribution in [0.3, 0.4) is 0 Å². The van der Waals surface area contributed by atoms with Crippen LogP contribution in [0.4, 0.5) is 0 Å². The summed E-state index contributed by atoms with van der Waals surface area (Å²) in [7, 11) is 0. The van der Waals surface area contributed by atoms with Crippen LogP contribution >= 0.6 is 0 Å². The van der Waals surface area contributed by atoms with Crippen LogP contribution in [0.15, 0.2) is 35.4 Å². The van der Waals surface area contributed by atoms with E-state index in [1.807, 2.05) is 20.8 Å². The van der Waals surface area contributed by atoms with Crippen LogP contribution in [0.1, 0.15) is 31.9 Å². The van der Waals surface area contributed by atoms with E-state index >= 15 is 0 Å². The number of benzene rings is 1. The molecule has 0 atom stereocenters. The van der Waals surface area contributed by atoms with Crippen LogP contribution in [0.5, 0.6) is 0 Å². The summed E-state index contributed by atoms with van der Waals surface area (Å²) in [5.74, 6) is -0.211. The molecule has 2 heteroatoms. The van der Waals surface area contributed by atoms with Gasteiger partial charge in [0.15, 0.2) is 0 Å². The lowest BCUT2D eigenvalue weighted by Gasteiger charge is -2.07. The zero-order valence-corrected chi connectivity index (χ0v) is 11.0. The second-order valence-corrected chi connectivity index (χ2v) is 4.29. The Labute approximate surface area is 103 Å². The van der Waals surface area contributed by atoms with Crippen molar-refractivity contribution in [1.82, 2.24) is 0 Å². The topological polar surface area (TPSA) is 26.3 Å². The van der Waals surface area contributed by atoms with Crippen molar-refractivity contribution in [2.24, 2.45) is 0 Å². The Morgan fingerprint density at radius 3 is 2.29 bits per heavy atom. The molecule has 1 aromatic carbocycles. The third kappa shape index (κ3) is 4.06. The summed E-state index contributed by atoms with van der Waals surface area (Å²) < 4.78 is 4.98. The summed E-state index contributed by atoms with van der Waals surface area (Å²) in [6, 6.07) is 8.36. The fourth-order valence-electron chi connectivity index (χ4n) is 1.56. The first kappa shape index (κ1) is 13.5. The molecule has 0 unspecified atom stereocenters. The normalized spacial score (nSPS) is 12.0. The molecule has 0 spiro atoms. The molecule has 1 aromatic rings. The van der Waals surface area contributed by atoms with Gasteiger partial charge in [0, 0.05) is 5.57 Å². The smallest absolute Gasteiger partial charge is 0.333 e. The van der Waals surface area contributed by atoms with Gasteiger partial charge in [-0.15, -0.1) is 0 Å². The molecule has 0 aliphatic heterocycles. The van der Waals surface area contributed by atoms with Gasteiger partial charge in [0.25, 0.3) is 0 Å². The van der Waals surface area contributed by atoms with Gasteiger partial charge in [0.2, 0.25) is 0 Å². The number of ether oxygens (including phenoxy) is 1. The lowest BCUT2D eigenvalue weighted by molar-refractivity contribution is -0.138. The molecule has 0 fully saturated rings. The van der Waals surface area contributed by atoms with Crippen LogP contribution in [0, 0.1) is 6.92 Å². The Morgan fingerprint density at radius 1 is 1.18 bits per heavy atom. The number of carbonyl (C=O) groups is 1. The Kier molecular flexibility index (Phi) is 4.95. The maximum Gasteiger partial charge on any atom is 0.333 e. The largest absolute Gasteiger partial charge is 0.463 e. The summed E-state index contributed by atoms with van der Waals surface area (Å²) in [6.07, 6.45) is 0.797. The summed E-state index contributed by atoms with van der Waals surface area (Å²) in [4.78, 5) is 11.5. The Balaban J connectivity index is 2.76. The van der Waals surface area contributed by atoms with Gasteiger partial charge in [0.1, 0.15) is 0 Å². The van der Waals surface area contributed by atoms with E-state index in [1.54, 1.807) is 0 Å². The maximum absolute atomic E-state index is 11.5. The number of hydrogen-bond donors (Lipinski definition) is 0. The van der Waals surface area contributed by atoms with E-state index in [0.717, 1.165) is 12.0 Å². The molecule has 0 saturated carbocycles. The fraction of sp³-hybridized carbons (Fsp3) is 0.400. The van der Waals surface area contributed by atoms with Gasteiger partial charge < -0.3 is 4.74 Å². The van der Waals surface area contributed by atoms with Crippen molar-refractivity contribution in [3.05, 3.63) is 46.5 Å². The molecule has 0 radical (unpaired) electrons. The molecule has 0 N–H and O–H groups in total. The van der Waals surface area contributed by atoms with Crippen molar-refractivity contribution in [3.63, 3.8) is 0 Å². The van der Waals surface area contributed by atoms with Gasteiger partial charge in [0.05, 0.1) is 6.61 Å². The average Bonchev–Trinajstić information content (AvgIpc) is 2.31. The summed E-state index contributed by atoms with van der Waals surface area (Å²) in [5, 5.41) is 0. The van der Waals surface area contributed by atoms with E-state index in [-0.39, 0.29) is 5.97 Å². The van der Waals surface area contributed by atoms with Crippen molar-refractivity contribution >= 4 is 5.97 Å². The van der Waals surface area contributed by atoms with Gasteiger partial charge >= 0.3 is 5.97 Å². The van der Waals surface area contributed by atoms with Gasteiger partial charge in [-0.1, -0.05) is 35.4 Å². The zero-order chi connectivity index (χ0) is 12.8. The van der Waals surface area contributed by atoms with Gasteiger partial charge in [-0.3, -0.25) is 0 Å². The minimum Gasteiger partial charge on any atom is -0.463 e. The number of hydrogen-bond acceptors (Lipinski definition) is 2. The van der Waals surface area contributed by atoms with Crippen LogP contribution in [-0.4, -0.2) is 12.6 Å². The van der Waals surface area contributed by atoms with E-state index in [0.29, 0.717) is 12.2 Å². The number of esters is 1. The Morgan fingerprint density at radius 2 is 1.76 bits per heavy atom. The highest BCUT2D eigenvalue weighted by Gasteiger charge is 2.08. The van der Waals surface area contributed by atoms with E-state index in [9.17, 15) is 4.79 Å². The molecule has 92 valence electrons. The standard InChI is InChI=1S/C15H20O2/c1-5-17-15(16)13(4)12(3)10-14-8-6-11(2)7-9-14/h6-9H,5,10H2,1-4H3. The molecule has 2 nitrogen and oxygen atoms in total. The van der Waals surface area contributed by atoms with Crippen LogP contribution in [-0.2, 0) is 16.0 Å². The first-order valence-corrected chi connectivity index (χ1v) is 5.93. The minimum absolute atomic E-state index is 0.211. The predicted octanol–water partition coefficient (Wildman–Crippen LogP) is 3.44. The maximum atomic E-state index is 11.5. The van der Waals surface area contributed by atoms with Crippen molar-refractivity contribution < 1.29 is 9.53 Å². The molecule has 0 aromatic heterocycles. The third-order valence-corrected chi connectivity index (χ3v) is 2.81. The molecule has 0 amide bonds. The summed E-state index contributed by atoms with van der Waals surface area (Å²) in [6.45, 7) is 8.11. The van der Waals surface area contributed by atoms with E-state index in [1.165, 1.54) is 11.1 Å². The Hall–Kier alpha value is -1.57. The fourth-order valence-corrected chi connectivity index (χ4v) is 1.56. The van der Waals surface area contributed by atoms with E-state index in [4.69, 9.17) is 4.74 Å².